The minimum atomic E-state index is -1.52. The maximum atomic E-state index is 8.98. The zero-order chi connectivity index (χ0) is 13.8. The summed E-state index contributed by atoms with van der Waals surface area (Å²) < 4.78 is 10.4. The fourth-order valence-corrected chi connectivity index (χ4v) is 1.60. The highest BCUT2D eigenvalue weighted by molar-refractivity contribution is 5.59. The Morgan fingerprint density at radius 1 is 1.44 bits per heavy atom. The Hall–Kier alpha value is -2.53. The van der Waals surface area contributed by atoms with Gasteiger partial charge in [-0.3, -0.25) is 0 Å². The van der Waals surface area contributed by atoms with E-state index in [2.05, 4.69) is 0 Å². The van der Waals surface area contributed by atoms with E-state index in [1.807, 2.05) is 0 Å². The number of hydrogen-bond acceptors (Lipinski definition) is 7. The fourth-order valence-electron chi connectivity index (χ4n) is 1.60. The van der Waals surface area contributed by atoms with Crippen LogP contribution >= 0.6 is 0 Å². The molecule has 0 saturated carbocycles. The van der Waals surface area contributed by atoms with Gasteiger partial charge in [-0.2, -0.15) is 15.8 Å². The minimum Gasteiger partial charge on any atom is -0.442 e. The van der Waals surface area contributed by atoms with E-state index in [4.69, 9.17) is 36.1 Å². The summed E-state index contributed by atoms with van der Waals surface area (Å²) in [4.78, 5) is 0. The first kappa shape index (κ1) is 13.5. The molecule has 0 saturated heterocycles. The van der Waals surface area contributed by atoms with E-state index in [1.165, 1.54) is 6.92 Å². The number of aliphatic hydroxyl groups excluding tert-OH is 1. The average Bonchev–Trinajstić information content (AvgIpc) is 2.61. The molecule has 1 aliphatic rings. The highest BCUT2D eigenvalue weighted by atomic mass is 16.7. The standard InChI is InChI=1S/C11H10N4O3/c1-11(17-3-2-16)9(7(4-12)5-13)8(6-14)10(15)18-11/h16H,2-3,15H2,1H3/t11-/m0/s1. The molecule has 0 fully saturated rings. The lowest BCUT2D eigenvalue weighted by Gasteiger charge is -2.26. The van der Waals surface area contributed by atoms with Crippen LogP contribution in [-0.4, -0.2) is 24.1 Å². The topological polar surface area (TPSA) is 136 Å². The number of nitrogens with two attached hydrogens (primary N) is 1. The molecule has 1 atom stereocenters. The van der Waals surface area contributed by atoms with Crippen LogP contribution in [0.4, 0.5) is 0 Å². The largest absolute Gasteiger partial charge is 0.442 e. The summed E-state index contributed by atoms with van der Waals surface area (Å²) in [6.45, 7) is 1.06. The molecule has 92 valence electrons. The smallest absolute Gasteiger partial charge is 0.239 e. The van der Waals surface area contributed by atoms with Gasteiger partial charge in [-0.1, -0.05) is 0 Å². The summed E-state index contributed by atoms with van der Waals surface area (Å²) in [5.74, 6) is -1.73. The molecule has 1 aliphatic heterocycles. The third kappa shape index (κ3) is 2.11. The maximum absolute atomic E-state index is 8.98. The van der Waals surface area contributed by atoms with Crippen molar-refractivity contribution in [3.05, 3.63) is 22.6 Å². The summed E-state index contributed by atoms with van der Waals surface area (Å²) in [7, 11) is 0. The molecule has 0 amide bonds. The molecular weight excluding hydrogens is 236 g/mol. The molecule has 7 nitrogen and oxygen atoms in total. The molecule has 0 spiro atoms. The van der Waals surface area contributed by atoms with E-state index in [0.717, 1.165) is 0 Å². The lowest BCUT2D eigenvalue weighted by Crippen LogP contribution is -2.33. The van der Waals surface area contributed by atoms with Crippen molar-refractivity contribution in [1.29, 1.82) is 15.8 Å². The van der Waals surface area contributed by atoms with Gasteiger partial charge in [-0.05, 0) is 0 Å². The van der Waals surface area contributed by atoms with Gasteiger partial charge < -0.3 is 20.3 Å². The lowest BCUT2D eigenvalue weighted by atomic mass is 9.97. The predicted octanol–water partition coefficient (Wildman–Crippen LogP) is -0.221. The number of nitrogens with zero attached hydrogens (tertiary/aromatic N) is 3. The van der Waals surface area contributed by atoms with Crippen molar-refractivity contribution in [2.75, 3.05) is 13.2 Å². The van der Waals surface area contributed by atoms with Crippen LogP contribution in [-0.2, 0) is 9.47 Å². The van der Waals surface area contributed by atoms with Crippen LogP contribution < -0.4 is 5.73 Å². The highest BCUT2D eigenvalue weighted by Crippen LogP contribution is 2.39. The molecule has 0 aromatic rings. The third-order valence-corrected chi connectivity index (χ3v) is 2.31. The highest BCUT2D eigenvalue weighted by Gasteiger charge is 2.45. The predicted molar refractivity (Wildman–Crippen MR) is 57.6 cm³/mol. The number of rotatable bonds is 3. The van der Waals surface area contributed by atoms with E-state index < -0.39 is 5.79 Å². The molecule has 18 heavy (non-hydrogen) atoms. The second-order valence-corrected chi connectivity index (χ2v) is 3.44. The first-order valence-corrected chi connectivity index (χ1v) is 4.93. The average molecular weight is 246 g/mol. The third-order valence-electron chi connectivity index (χ3n) is 2.31. The van der Waals surface area contributed by atoms with Gasteiger partial charge in [0.1, 0.15) is 29.4 Å². The molecule has 7 heteroatoms. The van der Waals surface area contributed by atoms with Crippen LogP contribution in [0.2, 0.25) is 0 Å². The van der Waals surface area contributed by atoms with E-state index in [9.17, 15) is 0 Å². The Kier molecular flexibility index (Phi) is 3.91. The van der Waals surface area contributed by atoms with Crippen molar-refractivity contribution >= 4 is 0 Å². The Labute approximate surface area is 104 Å². The number of ether oxygens (including phenoxy) is 2. The molecule has 0 bridgehead atoms. The van der Waals surface area contributed by atoms with E-state index in [0.29, 0.717) is 0 Å². The summed E-state index contributed by atoms with van der Waals surface area (Å²) in [5, 5.41) is 35.5. The zero-order valence-corrected chi connectivity index (χ0v) is 9.60. The van der Waals surface area contributed by atoms with Crippen molar-refractivity contribution < 1.29 is 14.6 Å². The van der Waals surface area contributed by atoms with Crippen LogP contribution in [0.3, 0.4) is 0 Å². The van der Waals surface area contributed by atoms with Crippen LogP contribution in [0.25, 0.3) is 0 Å². The van der Waals surface area contributed by atoms with E-state index in [-0.39, 0.29) is 35.8 Å². The Morgan fingerprint density at radius 2 is 2.06 bits per heavy atom. The van der Waals surface area contributed by atoms with Gasteiger partial charge in [0.2, 0.25) is 11.7 Å². The molecule has 3 N–H and O–H groups in total. The van der Waals surface area contributed by atoms with Crippen LogP contribution in [0.1, 0.15) is 6.92 Å². The molecule has 1 heterocycles. The molecule has 0 aromatic carbocycles. The van der Waals surface area contributed by atoms with Crippen molar-refractivity contribution in [3.63, 3.8) is 0 Å². The van der Waals surface area contributed by atoms with Gasteiger partial charge >= 0.3 is 0 Å². The van der Waals surface area contributed by atoms with Crippen molar-refractivity contribution in [1.82, 2.24) is 0 Å². The Balaban J connectivity index is 3.37. The van der Waals surface area contributed by atoms with E-state index >= 15 is 0 Å². The maximum Gasteiger partial charge on any atom is 0.239 e. The number of hydrogen-bond donors (Lipinski definition) is 2. The first-order chi connectivity index (χ1) is 8.53. The minimum absolute atomic E-state index is 0.0130. The van der Waals surface area contributed by atoms with Gasteiger partial charge in [0.15, 0.2) is 0 Å². The SMILES string of the molecule is C[C@]1(OCCO)OC(N)=C(C#N)C1=C(C#N)C#N. The molecule has 0 unspecified atom stereocenters. The normalized spacial score (nSPS) is 21.8. The second kappa shape index (κ2) is 5.20. The Morgan fingerprint density at radius 3 is 2.50 bits per heavy atom. The van der Waals surface area contributed by atoms with Crippen molar-refractivity contribution in [2.24, 2.45) is 5.73 Å². The van der Waals surface area contributed by atoms with Gasteiger partial charge in [-0.15, -0.1) is 0 Å². The Bertz CT molecular complexity index is 528. The summed E-state index contributed by atoms with van der Waals surface area (Å²) in [6, 6.07) is 5.10. The summed E-state index contributed by atoms with van der Waals surface area (Å²) in [5.41, 5.74) is 5.09. The van der Waals surface area contributed by atoms with Crippen molar-refractivity contribution in [3.8, 4) is 18.2 Å². The summed E-state index contributed by atoms with van der Waals surface area (Å²) in [6.07, 6.45) is 0. The van der Waals surface area contributed by atoms with Crippen LogP contribution in [0, 0.1) is 34.0 Å². The number of aliphatic hydroxyl groups is 1. The molecule has 1 rings (SSSR count). The molecule has 0 aromatic heterocycles. The second-order valence-electron chi connectivity index (χ2n) is 3.44. The van der Waals surface area contributed by atoms with Gasteiger partial charge in [0.05, 0.1) is 18.8 Å². The molecular formula is C11H10N4O3. The fraction of sp³-hybridized carbons (Fsp3) is 0.364. The number of nitriles is 3. The van der Waals surface area contributed by atoms with Crippen LogP contribution in [0.15, 0.2) is 22.6 Å². The quantitative estimate of drug-likeness (QED) is 0.656. The van der Waals surface area contributed by atoms with Crippen LogP contribution in [0.5, 0.6) is 0 Å². The first-order valence-electron chi connectivity index (χ1n) is 4.93. The molecule has 0 radical (unpaired) electrons. The summed E-state index contributed by atoms with van der Waals surface area (Å²) >= 11 is 0. The lowest BCUT2D eigenvalue weighted by molar-refractivity contribution is -0.170. The molecule has 0 aliphatic carbocycles. The zero-order valence-electron chi connectivity index (χ0n) is 9.60. The van der Waals surface area contributed by atoms with Gasteiger partial charge in [0.25, 0.3) is 0 Å². The van der Waals surface area contributed by atoms with Gasteiger partial charge in [0, 0.05) is 6.92 Å². The number of allylic oxidation sites excluding steroid dienone is 1. The van der Waals surface area contributed by atoms with E-state index in [1.54, 1.807) is 18.2 Å². The van der Waals surface area contributed by atoms with Gasteiger partial charge in [-0.25, -0.2) is 0 Å². The monoisotopic (exact) mass is 246 g/mol. The van der Waals surface area contributed by atoms with Crippen molar-refractivity contribution in [2.45, 2.75) is 12.7 Å².